The van der Waals surface area contributed by atoms with E-state index in [1.54, 1.807) is 11.8 Å². The lowest BCUT2D eigenvalue weighted by Gasteiger charge is -2.39. The molecule has 1 saturated carbocycles. The van der Waals surface area contributed by atoms with Gasteiger partial charge in [0.05, 0.1) is 18.8 Å². The van der Waals surface area contributed by atoms with Gasteiger partial charge in [-0.25, -0.2) is 13.6 Å². The lowest BCUT2D eigenvalue weighted by atomic mass is 10.0. The summed E-state index contributed by atoms with van der Waals surface area (Å²) < 4.78 is 33.9. The van der Waals surface area contributed by atoms with E-state index in [9.17, 15) is 28.4 Å². The minimum atomic E-state index is -1.92. The molecule has 0 aromatic heterocycles. The van der Waals surface area contributed by atoms with Crippen LogP contribution in [-0.4, -0.2) is 115 Å². The molecule has 3 aliphatic rings. The number of likely N-dealkylation sites (tertiary alicyclic amines) is 1. The first-order chi connectivity index (χ1) is 20.4. The molecule has 0 radical (unpaired) electrons. The Morgan fingerprint density at radius 3 is 2.53 bits per heavy atom. The van der Waals surface area contributed by atoms with Crippen LogP contribution in [0.3, 0.4) is 0 Å². The van der Waals surface area contributed by atoms with Crippen LogP contribution in [0.15, 0.2) is 18.2 Å². The van der Waals surface area contributed by atoms with Gasteiger partial charge in [-0.05, 0) is 64.3 Å². The topological polar surface area (TPSA) is 140 Å². The highest BCUT2D eigenvalue weighted by Gasteiger charge is 2.50. The Morgan fingerprint density at radius 1 is 1.14 bits per heavy atom. The molecule has 2 aliphatic heterocycles. The van der Waals surface area contributed by atoms with Crippen LogP contribution < -0.4 is 16.0 Å². The minimum absolute atomic E-state index is 0.0305. The first kappa shape index (κ1) is 32.1. The van der Waals surface area contributed by atoms with Crippen LogP contribution >= 0.6 is 0 Å². The number of alkyl halides is 1. The largest absolute Gasteiger partial charge is 0.450 e. The summed E-state index contributed by atoms with van der Waals surface area (Å²) in [4.78, 5) is 68.5. The van der Waals surface area contributed by atoms with Gasteiger partial charge in [0.2, 0.25) is 17.7 Å². The van der Waals surface area contributed by atoms with E-state index >= 15 is 4.39 Å². The second-order valence-electron chi connectivity index (χ2n) is 11.4. The fourth-order valence-electron chi connectivity index (χ4n) is 5.27. The number of nitrogens with zero attached hydrogens (tertiary/aromatic N) is 3. The lowest BCUT2D eigenvalue weighted by Crippen LogP contribution is -2.59. The summed E-state index contributed by atoms with van der Waals surface area (Å²) in [7, 11) is 1.97. The van der Waals surface area contributed by atoms with E-state index in [0.29, 0.717) is 44.6 Å². The second kappa shape index (κ2) is 13.7. The molecular formula is C29H40F2N6O6. The molecule has 4 rings (SSSR count). The Morgan fingerprint density at radius 2 is 1.88 bits per heavy atom. The van der Waals surface area contributed by atoms with E-state index in [1.165, 1.54) is 17.0 Å². The van der Waals surface area contributed by atoms with E-state index in [4.69, 9.17) is 4.74 Å². The van der Waals surface area contributed by atoms with Crippen LogP contribution in [0.5, 0.6) is 0 Å². The summed E-state index contributed by atoms with van der Waals surface area (Å²) in [6, 6.07) is 2.29. The molecule has 3 fully saturated rings. The molecule has 1 aromatic carbocycles. The molecule has 43 heavy (non-hydrogen) atoms. The van der Waals surface area contributed by atoms with Crippen LogP contribution in [0.25, 0.3) is 0 Å². The van der Waals surface area contributed by atoms with Crippen LogP contribution in [-0.2, 0) is 30.3 Å². The zero-order chi connectivity index (χ0) is 31.3. The van der Waals surface area contributed by atoms with Gasteiger partial charge >= 0.3 is 6.09 Å². The fraction of sp³-hybridized carbons (Fsp3) is 0.621. The highest BCUT2D eigenvalue weighted by molar-refractivity contribution is 5.97. The van der Waals surface area contributed by atoms with E-state index in [0.717, 1.165) is 6.07 Å². The van der Waals surface area contributed by atoms with E-state index in [1.807, 2.05) is 14.0 Å². The van der Waals surface area contributed by atoms with Gasteiger partial charge in [-0.1, -0.05) is 6.07 Å². The summed E-state index contributed by atoms with van der Waals surface area (Å²) in [5.74, 6) is -3.18. The highest BCUT2D eigenvalue weighted by atomic mass is 19.1. The Bertz CT molecular complexity index is 1240. The molecular weight excluding hydrogens is 566 g/mol. The van der Waals surface area contributed by atoms with Crippen molar-refractivity contribution >= 4 is 35.4 Å². The van der Waals surface area contributed by atoms with Crippen molar-refractivity contribution in [2.24, 2.45) is 0 Å². The maximum Gasteiger partial charge on any atom is 0.410 e. The highest BCUT2D eigenvalue weighted by Crippen LogP contribution is 2.39. The Balaban J connectivity index is 1.45. The van der Waals surface area contributed by atoms with Gasteiger partial charge in [0.25, 0.3) is 5.91 Å². The fourth-order valence-corrected chi connectivity index (χ4v) is 5.27. The van der Waals surface area contributed by atoms with Crippen molar-refractivity contribution < 1.29 is 37.5 Å². The maximum absolute atomic E-state index is 15.0. The van der Waals surface area contributed by atoms with Crippen LogP contribution in [0.4, 0.5) is 19.3 Å². The van der Waals surface area contributed by atoms with Crippen molar-refractivity contribution in [2.75, 3.05) is 51.7 Å². The van der Waals surface area contributed by atoms with Crippen molar-refractivity contribution in [3.63, 3.8) is 0 Å². The molecule has 12 nitrogen and oxygen atoms in total. The lowest BCUT2D eigenvalue weighted by molar-refractivity contribution is -0.139. The molecule has 2 saturated heterocycles. The Kier molecular flexibility index (Phi) is 10.2. The van der Waals surface area contributed by atoms with Gasteiger partial charge in [0, 0.05) is 38.6 Å². The standard InChI is InChI=1S/C29H40F2N6O6/c1-4-43-28(42)37-11-5-6-23(37)25(39)34-22(26(40)36-13-12-35(3)18(2)17-36)15-19-7-8-21(20(30)14-19)33-24(38)16-32-27(41)29(31)9-10-29/h7-8,14,18,22-23H,4-6,9-13,15-17H2,1-3H3,(H,32,41)(H,33,38)(H,34,39). The van der Waals surface area contributed by atoms with Gasteiger partial charge < -0.3 is 30.5 Å². The quantitative estimate of drug-likeness (QED) is 0.364. The number of hydrogen-bond acceptors (Lipinski definition) is 7. The van der Waals surface area contributed by atoms with Gasteiger partial charge in [-0.15, -0.1) is 0 Å². The monoisotopic (exact) mass is 606 g/mol. The molecule has 0 bridgehead atoms. The molecule has 1 aromatic rings. The number of rotatable bonds is 10. The SMILES string of the molecule is CCOC(=O)N1CCCC1C(=O)NC(Cc1ccc(NC(=O)CNC(=O)C2(F)CC2)c(F)c1)C(=O)N1CCN(C)C(C)C1. The second-order valence-corrected chi connectivity index (χ2v) is 11.4. The number of nitrogens with one attached hydrogen (secondary N) is 3. The van der Waals surface area contributed by atoms with Crippen molar-refractivity contribution in [1.29, 1.82) is 0 Å². The van der Waals surface area contributed by atoms with Crippen LogP contribution in [0.2, 0.25) is 0 Å². The summed E-state index contributed by atoms with van der Waals surface area (Å²) in [5.41, 5.74) is -1.68. The van der Waals surface area contributed by atoms with Crippen molar-refractivity contribution in [3.8, 4) is 0 Å². The Labute approximate surface area is 249 Å². The molecule has 5 amide bonds. The smallest absolute Gasteiger partial charge is 0.410 e. The molecule has 0 spiro atoms. The van der Waals surface area contributed by atoms with E-state index in [-0.39, 0.29) is 43.5 Å². The summed E-state index contributed by atoms with van der Waals surface area (Å²) in [6.45, 7) is 5.27. The number of amides is 5. The summed E-state index contributed by atoms with van der Waals surface area (Å²) in [6.07, 6.45) is 0.635. The third-order valence-corrected chi connectivity index (χ3v) is 8.20. The van der Waals surface area contributed by atoms with Crippen molar-refractivity contribution in [2.45, 2.75) is 69.7 Å². The van der Waals surface area contributed by atoms with Gasteiger partial charge in [-0.2, -0.15) is 0 Å². The number of hydrogen-bond donors (Lipinski definition) is 3. The van der Waals surface area contributed by atoms with Gasteiger partial charge in [0.1, 0.15) is 17.9 Å². The molecule has 3 unspecified atom stereocenters. The van der Waals surface area contributed by atoms with E-state index < -0.39 is 53.9 Å². The predicted octanol–water partition coefficient (Wildman–Crippen LogP) is 1.19. The third kappa shape index (κ3) is 7.98. The molecule has 2 heterocycles. The first-order valence-electron chi connectivity index (χ1n) is 14.7. The predicted molar refractivity (Wildman–Crippen MR) is 152 cm³/mol. The maximum atomic E-state index is 15.0. The van der Waals surface area contributed by atoms with Gasteiger partial charge in [0.15, 0.2) is 5.67 Å². The number of benzene rings is 1. The first-order valence-corrected chi connectivity index (χ1v) is 14.7. The zero-order valence-electron chi connectivity index (χ0n) is 24.8. The number of anilines is 1. The molecule has 3 atom stereocenters. The summed E-state index contributed by atoms with van der Waals surface area (Å²) in [5, 5.41) is 7.36. The van der Waals surface area contributed by atoms with E-state index in [2.05, 4.69) is 20.9 Å². The average molecular weight is 607 g/mol. The molecule has 3 N–H and O–H groups in total. The van der Waals surface area contributed by atoms with Crippen molar-refractivity contribution in [3.05, 3.63) is 29.6 Å². The van der Waals surface area contributed by atoms with Crippen molar-refractivity contribution in [1.82, 2.24) is 25.3 Å². The number of carbonyl (C=O) groups is 5. The summed E-state index contributed by atoms with van der Waals surface area (Å²) >= 11 is 0. The zero-order valence-corrected chi connectivity index (χ0v) is 24.8. The molecule has 1 aliphatic carbocycles. The average Bonchev–Trinajstić information content (AvgIpc) is 3.53. The normalized spacial score (nSPS) is 22.0. The number of halogens is 2. The molecule has 14 heteroatoms. The third-order valence-electron chi connectivity index (χ3n) is 8.20. The number of likely N-dealkylation sites (N-methyl/N-ethyl adjacent to an activating group) is 1. The van der Waals surface area contributed by atoms with Crippen LogP contribution in [0, 0.1) is 5.82 Å². The number of ether oxygens (including phenoxy) is 1. The number of piperazine rings is 1. The van der Waals surface area contributed by atoms with Gasteiger partial charge in [-0.3, -0.25) is 24.1 Å². The number of carbonyl (C=O) groups excluding carboxylic acids is 5. The Hall–Kier alpha value is -3.81. The molecule has 236 valence electrons. The van der Waals surface area contributed by atoms with Crippen LogP contribution in [0.1, 0.15) is 45.1 Å². The minimum Gasteiger partial charge on any atom is -0.450 e.